The van der Waals surface area contributed by atoms with Crippen molar-refractivity contribution in [2.24, 2.45) is 0 Å². The SMILES string of the molecule is O=C(OC(C(=O)c1ccccc1)c1ccccc1)c1cnc(Cl)c(Cl)c1. The highest BCUT2D eigenvalue weighted by Gasteiger charge is 2.27. The van der Waals surface area contributed by atoms with Crippen molar-refractivity contribution in [2.75, 3.05) is 0 Å². The number of esters is 1. The normalized spacial score (nSPS) is 11.6. The first kappa shape index (κ1) is 18.1. The summed E-state index contributed by atoms with van der Waals surface area (Å²) in [6, 6.07) is 18.8. The lowest BCUT2D eigenvalue weighted by Gasteiger charge is -2.17. The van der Waals surface area contributed by atoms with Crippen molar-refractivity contribution in [3.63, 3.8) is 0 Å². The molecule has 1 heterocycles. The van der Waals surface area contributed by atoms with Gasteiger partial charge in [0.15, 0.2) is 6.10 Å². The topological polar surface area (TPSA) is 56.3 Å². The molecule has 0 radical (unpaired) electrons. The van der Waals surface area contributed by atoms with E-state index in [0.29, 0.717) is 11.1 Å². The van der Waals surface area contributed by atoms with Gasteiger partial charge >= 0.3 is 5.97 Å². The first-order chi connectivity index (χ1) is 12.6. The molecule has 1 aromatic heterocycles. The van der Waals surface area contributed by atoms with E-state index < -0.39 is 12.1 Å². The van der Waals surface area contributed by atoms with Gasteiger partial charge in [-0.2, -0.15) is 0 Å². The Bertz CT molecular complexity index is 930. The number of carbonyl (C=O) groups excluding carboxylic acids is 2. The number of nitrogens with zero attached hydrogens (tertiary/aromatic N) is 1. The van der Waals surface area contributed by atoms with Crippen LogP contribution in [0.2, 0.25) is 10.2 Å². The van der Waals surface area contributed by atoms with E-state index >= 15 is 0 Å². The molecular weight excluding hydrogens is 373 g/mol. The van der Waals surface area contributed by atoms with Crippen LogP contribution in [0.25, 0.3) is 0 Å². The van der Waals surface area contributed by atoms with Crippen molar-refractivity contribution in [1.82, 2.24) is 4.98 Å². The van der Waals surface area contributed by atoms with E-state index in [2.05, 4.69) is 4.98 Å². The summed E-state index contributed by atoms with van der Waals surface area (Å²) in [5.74, 6) is -1.03. The van der Waals surface area contributed by atoms with Gasteiger partial charge in [-0.1, -0.05) is 83.9 Å². The maximum atomic E-state index is 12.9. The lowest BCUT2D eigenvalue weighted by atomic mass is 10.00. The number of hydrogen-bond acceptors (Lipinski definition) is 4. The minimum atomic E-state index is -1.08. The molecule has 130 valence electrons. The van der Waals surface area contributed by atoms with Gasteiger partial charge in [0.1, 0.15) is 5.15 Å². The zero-order valence-electron chi connectivity index (χ0n) is 13.4. The summed E-state index contributed by atoms with van der Waals surface area (Å²) >= 11 is 11.7. The average molecular weight is 386 g/mol. The number of ketones is 1. The molecule has 0 fully saturated rings. The molecule has 0 saturated carbocycles. The van der Waals surface area contributed by atoms with E-state index in [1.165, 1.54) is 12.3 Å². The van der Waals surface area contributed by atoms with Crippen LogP contribution in [0.3, 0.4) is 0 Å². The average Bonchev–Trinajstić information content (AvgIpc) is 2.69. The lowest BCUT2D eigenvalue weighted by molar-refractivity contribution is 0.0279. The number of halogens is 2. The smallest absolute Gasteiger partial charge is 0.340 e. The van der Waals surface area contributed by atoms with Crippen LogP contribution >= 0.6 is 23.2 Å². The molecule has 0 bridgehead atoms. The Hall–Kier alpha value is -2.69. The Kier molecular flexibility index (Phi) is 5.66. The predicted octanol–water partition coefficient (Wildman–Crippen LogP) is 5.17. The molecule has 1 atom stereocenters. The molecule has 0 spiro atoms. The molecule has 0 aliphatic rings. The lowest BCUT2D eigenvalue weighted by Crippen LogP contribution is -2.20. The number of hydrogen-bond donors (Lipinski definition) is 0. The number of pyridine rings is 1. The summed E-state index contributed by atoms with van der Waals surface area (Å²) in [5.41, 5.74) is 1.13. The number of Topliss-reactive ketones (excluding diaryl/α,β-unsaturated/α-hetero) is 1. The Labute approximate surface area is 160 Å². The first-order valence-electron chi connectivity index (χ1n) is 7.72. The van der Waals surface area contributed by atoms with E-state index in [-0.39, 0.29) is 21.5 Å². The Morgan fingerprint density at radius 3 is 2.12 bits per heavy atom. The molecule has 4 nitrogen and oxygen atoms in total. The van der Waals surface area contributed by atoms with E-state index in [1.54, 1.807) is 48.5 Å². The van der Waals surface area contributed by atoms with Crippen LogP contribution < -0.4 is 0 Å². The fourth-order valence-electron chi connectivity index (χ4n) is 2.36. The van der Waals surface area contributed by atoms with Crippen molar-refractivity contribution in [3.05, 3.63) is 99.8 Å². The number of ether oxygens (including phenoxy) is 1. The fraction of sp³-hybridized carbons (Fsp3) is 0.0500. The molecule has 0 amide bonds. The standard InChI is InChI=1S/C20H13Cl2NO3/c21-16-11-15(12-23-19(16)22)20(25)26-18(14-9-5-2-6-10-14)17(24)13-7-3-1-4-8-13/h1-12,18H. The molecule has 26 heavy (non-hydrogen) atoms. The van der Waals surface area contributed by atoms with E-state index in [1.807, 2.05) is 12.1 Å². The molecule has 0 aliphatic heterocycles. The zero-order valence-corrected chi connectivity index (χ0v) is 14.9. The third-order valence-corrected chi connectivity index (χ3v) is 4.34. The molecule has 2 aromatic carbocycles. The van der Waals surface area contributed by atoms with Crippen molar-refractivity contribution in [2.45, 2.75) is 6.10 Å². The second kappa shape index (κ2) is 8.13. The van der Waals surface area contributed by atoms with Gasteiger partial charge < -0.3 is 4.74 Å². The van der Waals surface area contributed by atoms with Gasteiger partial charge in [0.05, 0.1) is 10.6 Å². The van der Waals surface area contributed by atoms with Crippen LogP contribution in [-0.2, 0) is 4.74 Å². The van der Waals surface area contributed by atoms with Gasteiger partial charge in [0.25, 0.3) is 0 Å². The van der Waals surface area contributed by atoms with Gasteiger partial charge in [-0.05, 0) is 6.07 Å². The Morgan fingerprint density at radius 1 is 0.885 bits per heavy atom. The zero-order chi connectivity index (χ0) is 18.5. The van der Waals surface area contributed by atoms with Crippen molar-refractivity contribution in [3.8, 4) is 0 Å². The minimum Gasteiger partial charge on any atom is -0.445 e. The quantitative estimate of drug-likeness (QED) is 0.345. The molecule has 0 aliphatic carbocycles. The van der Waals surface area contributed by atoms with Crippen molar-refractivity contribution < 1.29 is 14.3 Å². The Morgan fingerprint density at radius 2 is 1.50 bits per heavy atom. The van der Waals surface area contributed by atoms with Crippen LogP contribution in [0.5, 0.6) is 0 Å². The van der Waals surface area contributed by atoms with Crippen molar-refractivity contribution >= 4 is 35.0 Å². The summed E-state index contributed by atoms with van der Waals surface area (Å²) in [6.07, 6.45) is 0.173. The molecule has 6 heteroatoms. The number of benzene rings is 2. The van der Waals surface area contributed by atoms with Gasteiger partial charge in [0, 0.05) is 17.3 Å². The number of aromatic nitrogens is 1. The van der Waals surface area contributed by atoms with Crippen LogP contribution in [0.4, 0.5) is 0 Å². The van der Waals surface area contributed by atoms with Gasteiger partial charge in [-0.15, -0.1) is 0 Å². The summed E-state index contributed by atoms with van der Waals surface area (Å²) < 4.78 is 5.50. The monoisotopic (exact) mass is 385 g/mol. The van der Waals surface area contributed by atoms with Crippen molar-refractivity contribution in [1.29, 1.82) is 0 Å². The van der Waals surface area contributed by atoms with Crippen LogP contribution in [-0.4, -0.2) is 16.7 Å². The van der Waals surface area contributed by atoms with E-state index in [9.17, 15) is 9.59 Å². The number of rotatable bonds is 5. The fourth-order valence-corrected chi connectivity index (χ4v) is 2.63. The molecule has 3 rings (SSSR count). The molecule has 0 N–H and O–H groups in total. The van der Waals surface area contributed by atoms with E-state index in [4.69, 9.17) is 27.9 Å². The maximum absolute atomic E-state index is 12.9. The van der Waals surface area contributed by atoms with Crippen LogP contribution in [0.1, 0.15) is 32.4 Å². The third-order valence-electron chi connectivity index (χ3n) is 3.66. The minimum absolute atomic E-state index is 0.0863. The van der Waals surface area contributed by atoms with Gasteiger partial charge in [-0.3, -0.25) is 4.79 Å². The second-order valence-electron chi connectivity index (χ2n) is 5.42. The predicted molar refractivity (Wildman–Crippen MR) is 99.6 cm³/mol. The summed E-state index contributed by atoms with van der Waals surface area (Å²) in [6.45, 7) is 0. The third kappa shape index (κ3) is 4.10. The summed E-state index contributed by atoms with van der Waals surface area (Å²) in [7, 11) is 0. The molecule has 3 aromatic rings. The highest BCUT2D eigenvalue weighted by Crippen LogP contribution is 2.25. The molecule has 0 saturated heterocycles. The van der Waals surface area contributed by atoms with Crippen LogP contribution in [0.15, 0.2) is 72.9 Å². The summed E-state index contributed by atoms with van der Waals surface area (Å²) in [5, 5.41) is 0.218. The largest absolute Gasteiger partial charge is 0.445 e. The van der Waals surface area contributed by atoms with Gasteiger partial charge in [0.2, 0.25) is 5.78 Å². The highest BCUT2D eigenvalue weighted by atomic mass is 35.5. The molecule has 1 unspecified atom stereocenters. The second-order valence-corrected chi connectivity index (χ2v) is 6.19. The first-order valence-corrected chi connectivity index (χ1v) is 8.48. The summed E-state index contributed by atoms with van der Waals surface area (Å²) in [4.78, 5) is 29.2. The van der Waals surface area contributed by atoms with E-state index in [0.717, 1.165) is 0 Å². The van der Waals surface area contributed by atoms with Gasteiger partial charge in [-0.25, -0.2) is 9.78 Å². The van der Waals surface area contributed by atoms with Crippen LogP contribution in [0, 0.1) is 0 Å². The Balaban J connectivity index is 1.92. The molecular formula is C20H13Cl2NO3. The maximum Gasteiger partial charge on any atom is 0.340 e. The highest BCUT2D eigenvalue weighted by molar-refractivity contribution is 6.41. The number of carbonyl (C=O) groups is 2.